The predicted octanol–water partition coefficient (Wildman–Crippen LogP) is 1.39. The Labute approximate surface area is 159 Å². The van der Waals surface area contributed by atoms with Crippen LogP contribution in [0.4, 0.5) is 23.1 Å². The van der Waals surface area contributed by atoms with Crippen LogP contribution in [0.1, 0.15) is 16.1 Å². The number of rotatable bonds is 5. The first-order valence-electron chi connectivity index (χ1n) is 8.39. The highest BCUT2D eigenvalue weighted by Crippen LogP contribution is 2.26. The second kappa shape index (κ2) is 6.61. The Morgan fingerprint density at radius 1 is 1.14 bits per heavy atom. The van der Waals surface area contributed by atoms with E-state index in [1.165, 1.54) is 6.20 Å². The molecular formula is C17H18N10O. The Morgan fingerprint density at radius 3 is 2.68 bits per heavy atom. The number of pyridine rings is 1. The number of carbonyl (C=O) groups excluding carboxylic acids is 1. The summed E-state index contributed by atoms with van der Waals surface area (Å²) in [5.74, 6) is 0.441. The maximum atomic E-state index is 11.4. The largest absolute Gasteiger partial charge is 0.366 e. The van der Waals surface area contributed by atoms with Crippen LogP contribution in [0.2, 0.25) is 0 Å². The number of anilines is 4. The zero-order valence-corrected chi connectivity index (χ0v) is 15.5. The monoisotopic (exact) mass is 378 g/mol. The molecule has 4 N–H and O–H groups in total. The van der Waals surface area contributed by atoms with Crippen molar-refractivity contribution in [2.24, 2.45) is 19.8 Å². The summed E-state index contributed by atoms with van der Waals surface area (Å²) in [6.45, 7) is 1.82. The third-order valence-electron chi connectivity index (χ3n) is 4.17. The Morgan fingerprint density at radius 2 is 1.96 bits per heavy atom. The number of carbonyl (C=O) groups is 1. The lowest BCUT2D eigenvalue weighted by Gasteiger charge is -2.08. The van der Waals surface area contributed by atoms with E-state index in [1.807, 2.05) is 20.2 Å². The lowest BCUT2D eigenvalue weighted by Crippen LogP contribution is -2.12. The number of fused-ring (bicyclic) bond motifs is 1. The minimum Gasteiger partial charge on any atom is -0.366 e. The summed E-state index contributed by atoms with van der Waals surface area (Å²) in [5.41, 5.74) is 8.42. The molecule has 0 aliphatic carbocycles. The highest BCUT2D eigenvalue weighted by Gasteiger charge is 2.14. The van der Waals surface area contributed by atoms with Gasteiger partial charge < -0.3 is 16.4 Å². The van der Waals surface area contributed by atoms with Crippen molar-refractivity contribution < 1.29 is 4.79 Å². The van der Waals surface area contributed by atoms with E-state index in [-0.39, 0.29) is 0 Å². The molecule has 0 aliphatic heterocycles. The fraction of sp³-hybridized carbons (Fsp3) is 0.176. The first-order valence-corrected chi connectivity index (χ1v) is 8.39. The van der Waals surface area contributed by atoms with Crippen LogP contribution in [-0.2, 0) is 14.1 Å². The molecule has 0 radical (unpaired) electrons. The molecule has 4 rings (SSSR count). The quantitative estimate of drug-likeness (QED) is 0.473. The van der Waals surface area contributed by atoms with Gasteiger partial charge in [-0.3, -0.25) is 14.5 Å². The lowest BCUT2D eigenvalue weighted by atomic mass is 10.2. The summed E-state index contributed by atoms with van der Waals surface area (Å²) < 4.78 is 3.33. The molecule has 0 saturated heterocycles. The molecule has 4 heterocycles. The molecule has 142 valence electrons. The van der Waals surface area contributed by atoms with Crippen LogP contribution in [0, 0.1) is 6.92 Å². The Kier molecular flexibility index (Phi) is 4.11. The van der Waals surface area contributed by atoms with Crippen molar-refractivity contribution >= 4 is 40.1 Å². The van der Waals surface area contributed by atoms with Crippen molar-refractivity contribution in [2.45, 2.75) is 6.92 Å². The molecule has 0 fully saturated rings. The molecule has 11 nitrogen and oxygen atoms in total. The molecule has 0 aliphatic rings. The number of hydrogen-bond acceptors (Lipinski definition) is 8. The van der Waals surface area contributed by atoms with Gasteiger partial charge in [0.1, 0.15) is 0 Å². The lowest BCUT2D eigenvalue weighted by molar-refractivity contribution is 0.1000. The minimum absolute atomic E-state index is 0.313. The van der Waals surface area contributed by atoms with E-state index in [1.54, 1.807) is 34.9 Å². The van der Waals surface area contributed by atoms with Crippen LogP contribution < -0.4 is 16.4 Å². The number of aryl methyl sites for hydroxylation is 3. The summed E-state index contributed by atoms with van der Waals surface area (Å²) >= 11 is 0. The van der Waals surface area contributed by atoms with Crippen molar-refractivity contribution in [2.75, 3.05) is 10.6 Å². The molecule has 0 spiro atoms. The second-order valence-electron chi connectivity index (χ2n) is 6.28. The third-order valence-corrected chi connectivity index (χ3v) is 4.17. The molecule has 11 heteroatoms. The molecular weight excluding hydrogens is 360 g/mol. The summed E-state index contributed by atoms with van der Waals surface area (Å²) in [7, 11) is 3.62. The summed E-state index contributed by atoms with van der Waals surface area (Å²) in [6.07, 6.45) is 6.63. The van der Waals surface area contributed by atoms with E-state index < -0.39 is 5.91 Å². The molecule has 0 unspecified atom stereocenters. The smallest absolute Gasteiger partial charge is 0.250 e. The molecule has 0 saturated carbocycles. The number of nitrogens with zero attached hydrogens (tertiary/aromatic N) is 7. The number of primary amides is 1. The van der Waals surface area contributed by atoms with Gasteiger partial charge in [-0.2, -0.15) is 15.2 Å². The number of nitrogens with one attached hydrogen (secondary N) is 2. The van der Waals surface area contributed by atoms with Crippen LogP contribution in [0.15, 0.2) is 30.9 Å². The number of hydrogen-bond donors (Lipinski definition) is 3. The van der Waals surface area contributed by atoms with Gasteiger partial charge in [0.05, 0.1) is 34.2 Å². The molecule has 1 amide bonds. The standard InChI is InChI=1S/C17H18N10O/c1-9-13(4-10(5-19-9)14(18)28)23-15-12-7-20-17(24-16(12)27(3)25-15)22-11-6-21-26(2)8-11/h4-8H,1-3H3,(H2,18,28)(H,23,25)(H,20,22,24). The highest BCUT2D eigenvalue weighted by atomic mass is 16.1. The molecule has 4 aromatic rings. The van der Waals surface area contributed by atoms with Gasteiger partial charge in [0.25, 0.3) is 0 Å². The second-order valence-corrected chi connectivity index (χ2v) is 6.28. The van der Waals surface area contributed by atoms with Gasteiger partial charge in [-0.25, -0.2) is 9.67 Å². The van der Waals surface area contributed by atoms with E-state index in [4.69, 9.17) is 5.73 Å². The van der Waals surface area contributed by atoms with Crippen molar-refractivity contribution in [3.63, 3.8) is 0 Å². The SMILES string of the molecule is Cc1ncc(C(N)=O)cc1Nc1nn(C)c2nc(Nc3cnn(C)c3)ncc12. The Hall–Kier alpha value is -4.02. The topological polar surface area (TPSA) is 141 Å². The van der Waals surface area contributed by atoms with Gasteiger partial charge in [-0.05, 0) is 13.0 Å². The first-order chi connectivity index (χ1) is 13.4. The van der Waals surface area contributed by atoms with Crippen molar-refractivity contribution in [3.8, 4) is 0 Å². The maximum absolute atomic E-state index is 11.4. The normalized spacial score (nSPS) is 11.0. The van der Waals surface area contributed by atoms with E-state index in [0.29, 0.717) is 34.4 Å². The van der Waals surface area contributed by atoms with Gasteiger partial charge in [0, 0.05) is 32.7 Å². The predicted molar refractivity (Wildman–Crippen MR) is 104 cm³/mol. The van der Waals surface area contributed by atoms with E-state index in [2.05, 4.69) is 35.8 Å². The average molecular weight is 378 g/mol. The number of nitrogens with two attached hydrogens (primary N) is 1. The highest BCUT2D eigenvalue weighted by molar-refractivity contribution is 5.94. The summed E-state index contributed by atoms with van der Waals surface area (Å²) in [4.78, 5) is 24.5. The third kappa shape index (κ3) is 3.20. The van der Waals surface area contributed by atoms with Crippen LogP contribution >= 0.6 is 0 Å². The fourth-order valence-electron chi connectivity index (χ4n) is 2.73. The van der Waals surface area contributed by atoms with Crippen molar-refractivity contribution in [3.05, 3.63) is 42.1 Å². The van der Waals surface area contributed by atoms with Crippen LogP contribution in [-0.4, -0.2) is 40.4 Å². The van der Waals surface area contributed by atoms with Gasteiger partial charge in [0.15, 0.2) is 11.5 Å². The molecule has 0 atom stereocenters. The van der Waals surface area contributed by atoms with Gasteiger partial charge in [-0.1, -0.05) is 0 Å². The molecule has 28 heavy (non-hydrogen) atoms. The van der Waals surface area contributed by atoms with Gasteiger partial charge in [-0.15, -0.1) is 0 Å². The van der Waals surface area contributed by atoms with Crippen LogP contribution in [0.5, 0.6) is 0 Å². The summed E-state index contributed by atoms with van der Waals surface area (Å²) in [5, 5.41) is 15.6. The number of aromatic nitrogens is 7. The van der Waals surface area contributed by atoms with Gasteiger partial charge >= 0.3 is 0 Å². The van der Waals surface area contributed by atoms with E-state index >= 15 is 0 Å². The van der Waals surface area contributed by atoms with Gasteiger partial charge in [0.2, 0.25) is 11.9 Å². The number of amides is 1. The molecule has 0 bridgehead atoms. The zero-order valence-electron chi connectivity index (χ0n) is 15.5. The summed E-state index contributed by atoms with van der Waals surface area (Å²) in [6, 6.07) is 1.64. The Bertz CT molecular complexity index is 1190. The van der Waals surface area contributed by atoms with E-state index in [0.717, 1.165) is 11.1 Å². The van der Waals surface area contributed by atoms with Crippen LogP contribution in [0.25, 0.3) is 11.0 Å². The molecule has 0 aromatic carbocycles. The van der Waals surface area contributed by atoms with Crippen molar-refractivity contribution in [1.29, 1.82) is 0 Å². The fourth-order valence-corrected chi connectivity index (χ4v) is 2.73. The minimum atomic E-state index is -0.545. The maximum Gasteiger partial charge on any atom is 0.250 e. The average Bonchev–Trinajstić information content (AvgIpc) is 3.20. The van der Waals surface area contributed by atoms with E-state index in [9.17, 15) is 4.79 Å². The first kappa shape index (κ1) is 17.4. The Balaban J connectivity index is 1.67. The zero-order chi connectivity index (χ0) is 19.8. The van der Waals surface area contributed by atoms with Crippen LogP contribution in [0.3, 0.4) is 0 Å². The van der Waals surface area contributed by atoms with Crippen molar-refractivity contribution in [1.82, 2.24) is 34.5 Å². The molecule has 4 aromatic heterocycles.